The van der Waals surface area contributed by atoms with Crippen molar-refractivity contribution in [1.29, 1.82) is 0 Å². The molecule has 0 bridgehead atoms. The van der Waals surface area contributed by atoms with Gasteiger partial charge >= 0.3 is 0 Å². The third-order valence-corrected chi connectivity index (χ3v) is 5.37. The van der Waals surface area contributed by atoms with Crippen molar-refractivity contribution in [1.82, 2.24) is 0 Å². The van der Waals surface area contributed by atoms with Crippen molar-refractivity contribution in [2.45, 2.75) is 46.5 Å². The zero-order chi connectivity index (χ0) is 17.7. The Morgan fingerprint density at radius 1 is 0.958 bits per heavy atom. The molecule has 0 heterocycles. The Kier molecular flexibility index (Phi) is 5.87. The molecule has 2 nitrogen and oxygen atoms in total. The smallest absolute Gasteiger partial charge is 0.131 e. The zero-order valence-corrected chi connectivity index (χ0v) is 15.0. The van der Waals surface area contributed by atoms with E-state index in [1.807, 2.05) is 0 Å². The molecule has 24 heavy (non-hydrogen) atoms. The maximum absolute atomic E-state index is 14.4. The minimum atomic E-state index is -0.280. The standard InChI is InChI=1S/C21H27FO2/c1-5-21(6-2,7-3)14-15-12-16(23)8-10-18(15)19-13-17(24-4)9-11-20(19)22/h8-13,23H,5-7,14H2,1-4H3. The monoisotopic (exact) mass is 330 g/mol. The highest BCUT2D eigenvalue weighted by Crippen LogP contribution is 2.39. The summed E-state index contributed by atoms with van der Waals surface area (Å²) in [6.45, 7) is 6.59. The minimum Gasteiger partial charge on any atom is -0.508 e. The van der Waals surface area contributed by atoms with Gasteiger partial charge in [0, 0.05) is 5.56 Å². The van der Waals surface area contributed by atoms with E-state index >= 15 is 0 Å². The van der Waals surface area contributed by atoms with E-state index in [9.17, 15) is 9.50 Å². The predicted molar refractivity (Wildman–Crippen MR) is 97.1 cm³/mol. The van der Waals surface area contributed by atoms with Crippen LogP contribution in [0.4, 0.5) is 4.39 Å². The van der Waals surface area contributed by atoms with Gasteiger partial charge in [0.25, 0.3) is 0 Å². The van der Waals surface area contributed by atoms with E-state index in [0.29, 0.717) is 11.3 Å². The van der Waals surface area contributed by atoms with Gasteiger partial charge < -0.3 is 9.84 Å². The number of benzene rings is 2. The Hall–Kier alpha value is -2.03. The Morgan fingerprint density at radius 2 is 1.62 bits per heavy atom. The summed E-state index contributed by atoms with van der Waals surface area (Å²) in [4.78, 5) is 0. The van der Waals surface area contributed by atoms with Crippen LogP contribution in [0.15, 0.2) is 36.4 Å². The average molecular weight is 330 g/mol. The fraction of sp³-hybridized carbons (Fsp3) is 0.429. The van der Waals surface area contributed by atoms with Gasteiger partial charge in [-0.3, -0.25) is 0 Å². The van der Waals surface area contributed by atoms with Gasteiger partial charge in [-0.2, -0.15) is 0 Å². The topological polar surface area (TPSA) is 29.5 Å². The lowest BCUT2D eigenvalue weighted by molar-refractivity contribution is 0.248. The van der Waals surface area contributed by atoms with Crippen molar-refractivity contribution in [3.8, 4) is 22.6 Å². The molecule has 2 rings (SSSR count). The molecule has 0 aliphatic carbocycles. The lowest BCUT2D eigenvalue weighted by atomic mass is 9.74. The van der Waals surface area contributed by atoms with Crippen LogP contribution in [-0.2, 0) is 6.42 Å². The lowest BCUT2D eigenvalue weighted by Gasteiger charge is -2.31. The number of phenolic OH excluding ortho intramolecular Hbond substituents is 1. The van der Waals surface area contributed by atoms with Crippen LogP contribution >= 0.6 is 0 Å². The fourth-order valence-electron chi connectivity index (χ4n) is 3.36. The second-order valence-corrected chi connectivity index (χ2v) is 6.42. The molecule has 0 aromatic heterocycles. The first kappa shape index (κ1) is 18.3. The number of rotatable bonds is 7. The molecule has 0 unspecified atom stereocenters. The minimum absolute atomic E-state index is 0.165. The Balaban J connectivity index is 2.56. The van der Waals surface area contributed by atoms with Crippen LogP contribution in [-0.4, -0.2) is 12.2 Å². The van der Waals surface area contributed by atoms with Gasteiger partial charge in [0.2, 0.25) is 0 Å². The number of hydrogen-bond acceptors (Lipinski definition) is 2. The first-order valence-corrected chi connectivity index (χ1v) is 8.64. The molecule has 0 fully saturated rings. The molecule has 0 saturated carbocycles. The molecule has 0 aliphatic heterocycles. The molecule has 0 radical (unpaired) electrons. The quantitative estimate of drug-likeness (QED) is 0.678. The van der Waals surface area contributed by atoms with E-state index in [0.717, 1.165) is 36.8 Å². The Morgan fingerprint density at radius 3 is 2.21 bits per heavy atom. The average Bonchev–Trinajstić information content (AvgIpc) is 2.61. The van der Waals surface area contributed by atoms with Crippen molar-refractivity contribution in [2.24, 2.45) is 5.41 Å². The maximum Gasteiger partial charge on any atom is 0.131 e. The number of aromatic hydroxyl groups is 1. The first-order chi connectivity index (χ1) is 11.5. The summed E-state index contributed by atoms with van der Waals surface area (Å²) in [5.41, 5.74) is 2.48. The van der Waals surface area contributed by atoms with Gasteiger partial charge in [-0.15, -0.1) is 0 Å². The van der Waals surface area contributed by atoms with Crippen molar-refractivity contribution < 1.29 is 14.2 Å². The van der Waals surface area contributed by atoms with Crippen LogP contribution in [0.1, 0.15) is 45.6 Å². The molecule has 2 aromatic carbocycles. The van der Waals surface area contributed by atoms with Gasteiger partial charge in [0.05, 0.1) is 7.11 Å². The van der Waals surface area contributed by atoms with Crippen LogP contribution in [0.5, 0.6) is 11.5 Å². The van der Waals surface area contributed by atoms with E-state index in [2.05, 4.69) is 20.8 Å². The molecule has 2 aromatic rings. The number of ether oxygens (including phenoxy) is 1. The third kappa shape index (κ3) is 3.72. The summed E-state index contributed by atoms with van der Waals surface area (Å²) in [6.07, 6.45) is 3.97. The van der Waals surface area contributed by atoms with Crippen molar-refractivity contribution in [3.05, 3.63) is 47.8 Å². The van der Waals surface area contributed by atoms with E-state index in [1.54, 1.807) is 37.4 Å². The first-order valence-electron chi connectivity index (χ1n) is 8.64. The molecular weight excluding hydrogens is 303 g/mol. The van der Waals surface area contributed by atoms with E-state index in [-0.39, 0.29) is 17.0 Å². The Bertz CT molecular complexity index is 682. The summed E-state index contributed by atoms with van der Waals surface area (Å²) in [5.74, 6) is 0.560. The second kappa shape index (κ2) is 7.69. The maximum atomic E-state index is 14.4. The van der Waals surface area contributed by atoms with Gasteiger partial charge in [0.15, 0.2) is 0 Å². The normalized spacial score (nSPS) is 11.5. The van der Waals surface area contributed by atoms with Gasteiger partial charge in [0.1, 0.15) is 17.3 Å². The number of hydrogen-bond donors (Lipinski definition) is 1. The third-order valence-electron chi connectivity index (χ3n) is 5.37. The van der Waals surface area contributed by atoms with Gasteiger partial charge in [-0.05, 0) is 53.3 Å². The van der Waals surface area contributed by atoms with Crippen LogP contribution in [0, 0.1) is 11.2 Å². The molecule has 0 atom stereocenters. The van der Waals surface area contributed by atoms with Crippen LogP contribution in [0.3, 0.4) is 0 Å². The number of halogens is 1. The van der Waals surface area contributed by atoms with E-state index in [1.165, 1.54) is 6.07 Å². The van der Waals surface area contributed by atoms with Crippen LogP contribution in [0.2, 0.25) is 0 Å². The van der Waals surface area contributed by atoms with Crippen LogP contribution < -0.4 is 4.74 Å². The summed E-state index contributed by atoms with van der Waals surface area (Å²) in [6, 6.07) is 9.95. The van der Waals surface area contributed by atoms with Crippen molar-refractivity contribution >= 4 is 0 Å². The number of methoxy groups -OCH3 is 1. The molecule has 3 heteroatoms. The molecule has 130 valence electrons. The number of phenols is 1. The fourth-order valence-corrected chi connectivity index (χ4v) is 3.36. The highest BCUT2D eigenvalue weighted by Gasteiger charge is 2.26. The van der Waals surface area contributed by atoms with Gasteiger partial charge in [-0.25, -0.2) is 4.39 Å². The summed E-state index contributed by atoms with van der Waals surface area (Å²) in [7, 11) is 1.57. The highest BCUT2D eigenvalue weighted by atomic mass is 19.1. The van der Waals surface area contributed by atoms with Crippen molar-refractivity contribution in [2.75, 3.05) is 7.11 Å². The van der Waals surface area contributed by atoms with Gasteiger partial charge in [-0.1, -0.05) is 46.1 Å². The second-order valence-electron chi connectivity index (χ2n) is 6.42. The highest BCUT2D eigenvalue weighted by molar-refractivity contribution is 5.70. The summed E-state index contributed by atoms with van der Waals surface area (Å²) in [5, 5.41) is 9.95. The van der Waals surface area contributed by atoms with E-state index < -0.39 is 0 Å². The molecule has 0 aliphatic rings. The molecular formula is C21H27FO2. The molecule has 1 N–H and O–H groups in total. The zero-order valence-electron chi connectivity index (χ0n) is 15.0. The molecule has 0 amide bonds. The SMILES string of the molecule is CCC(CC)(CC)Cc1cc(O)ccc1-c1cc(OC)ccc1F. The predicted octanol–water partition coefficient (Wildman–Crippen LogP) is 5.97. The molecule has 0 saturated heterocycles. The molecule has 0 spiro atoms. The Labute approximate surface area is 144 Å². The summed E-state index contributed by atoms with van der Waals surface area (Å²) < 4.78 is 19.7. The lowest BCUT2D eigenvalue weighted by Crippen LogP contribution is -2.21. The van der Waals surface area contributed by atoms with Crippen molar-refractivity contribution in [3.63, 3.8) is 0 Å². The van der Waals surface area contributed by atoms with E-state index in [4.69, 9.17) is 4.74 Å². The largest absolute Gasteiger partial charge is 0.508 e. The summed E-state index contributed by atoms with van der Waals surface area (Å²) >= 11 is 0. The van der Waals surface area contributed by atoms with Crippen LogP contribution in [0.25, 0.3) is 11.1 Å².